The Balaban J connectivity index is 2.42. The SMILES string of the molecule is O=C(C(=O)n1ncsc1=S)n1ncsc1=S. The van der Waals surface area contributed by atoms with Crippen molar-refractivity contribution in [1.29, 1.82) is 0 Å². The quantitative estimate of drug-likeness (QED) is 0.542. The van der Waals surface area contributed by atoms with Gasteiger partial charge in [0.2, 0.25) is 0 Å². The first kappa shape index (κ1) is 11.4. The van der Waals surface area contributed by atoms with Crippen molar-refractivity contribution in [3.05, 3.63) is 18.9 Å². The molecule has 2 heterocycles. The Morgan fingerprint density at radius 1 is 1.00 bits per heavy atom. The van der Waals surface area contributed by atoms with E-state index in [9.17, 15) is 9.59 Å². The lowest BCUT2D eigenvalue weighted by molar-refractivity contribution is 0.0695. The number of aromatic nitrogens is 4. The molecule has 0 atom stereocenters. The molecular formula is C6H2N4O2S4. The molecule has 0 amide bonds. The molecule has 0 unspecified atom stereocenters. The van der Waals surface area contributed by atoms with Gasteiger partial charge in [-0.1, -0.05) is 22.7 Å². The maximum Gasteiger partial charge on any atom is 0.340 e. The molecule has 2 aromatic rings. The molecule has 0 saturated carbocycles. The van der Waals surface area contributed by atoms with E-state index in [1.54, 1.807) is 0 Å². The summed E-state index contributed by atoms with van der Waals surface area (Å²) in [6, 6.07) is 0. The number of nitrogens with zero attached hydrogens (tertiary/aromatic N) is 4. The van der Waals surface area contributed by atoms with E-state index < -0.39 is 11.8 Å². The Kier molecular flexibility index (Phi) is 3.14. The standard InChI is InChI=1S/C6H2N4O2S4/c11-3(9-5(13)15-1-7-9)4(12)10-6(14)16-2-8-10/h1-2H. The molecule has 0 N–H and O–H groups in total. The molecule has 10 heteroatoms. The predicted octanol–water partition coefficient (Wildman–Crippen LogP) is 1.64. The minimum Gasteiger partial charge on any atom is -0.261 e. The van der Waals surface area contributed by atoms with Crippen molar-refractivity contribution in [3.63, 3.8) is 0 Å². The van der Waals surface area contributed by atoms with E-state index in [0.29, 0.717) is 0 Å². The molecule has 0 bridgehead atoms. The lowest BCUT2D eigenvalue weighted by atomic mass is 10.6. The number of rotatable bonds is 0. The van der Waals surface area contributed by atoms with Crippen molar-refractivity contribution >= 4 is 58.9 Å². The maximum atomic E-state index is 11.7. The maximum absolute atomic E-state index is 11.7. The van der Waals surface area contributed by atoms with E-state index in [4.69, 9.17) is 24.4 Å². The van der Waals surface area contributed by atoms with Crippen molar-refractivity contribution in [3.8, 4) is 0 Å². The zero-order chi connectivity index (χ0) is 11.7. The fraction of sp³-hybridized carbons (Fsp3) is 0. The molecular weight excluding hydrogens is 288 g/mol. The van der Waals surface area contributed by atoms with Crippen molar-refractivity contribution < 1.29 is 9.59 Å². The van der Waals surface area contributed by atoms with Crippen LogP contribution in [0.3, 0.4) is 0 Å². The van der Waals surface area contributed by atoms with Gasteiger partial charge in [-0.2, -0.15) is 19.6 Å². The largest absolute Gasteiger partial charge is 0.340 e. The van der Waals surface area contributed by atoms with Gasteiger partial charge in [0.15, 0.2) is 7.91 Å². The van der Waals surface area contributed by atoms with Gasteiger partial charge >= 0.3 is 11.8 Å². The van der Waals surface area contributed by atoms with Gasteiger partial charge in [0, 0.05) is 0 Å². The van der Waals surface area contributed by atoms with Gasteiger partial charge in [-0.15, -0.1) is 0 Å². The highest BCUT2D eigenvalue weighted by Gasteiger charge is 2.21. The van der Waals surface area contributed by atoms with E-state index >= 15 is 0 Å². The summed E-state index contributed by atoms with van der Waals surface area (Å²) >= 11 is 11.9. The number of carbonyl (C=O) groups is 2. The van der Waals surface area contributed by atoms with E-state index in [2.05, 4.69) is 10.2 Å². The number of hydrogen-bond donors (Lipinski definition) is 0. The summed E-state index contributed by atoms with van der Waals surface area (Å²) in [5.41, 5.74) is 2.77. The third-order valence-electron chi connectivity index (χ3n) is 1.55. The molecule has 2 rings (SSSR count). The van der Waals surface area contributed by atoms with Gasteiger partial charge < -0.3 is 0 Å². The van der Waals surface area contributed by atoms with Gasteiger partial charge in [0.1, 0.15) is 11.0 Å². The fourth-order valence-corrected chi connectivity index (χ4v) is 2.32. The Labute approximate surface area is 107 Å². The summed E-state index contributed by atoms with van der Waals surface area (Å²) in [4.78, 5) is 23.3. The predicted molar refractivity (Wildman–Crippen MR) is 63.1 cm³/mol. The average Bonchev–Trinajstić information content (AvgIpc) is 2.85. The normalized spacial score (nSPS) is 10.2. The molecule has 82 valence electrons. The summed E-state index contributed by atoms with van der Waals surface area (Å²) < 4.78 is 2.12. The van der Waals surface area contributed by atoms with Crippen molar-refractivity contribution in [2.75, 3.05) is 0 Å². The molecule has 0 aliphatic rings. The van der Waals surface area contributed by atoms with Crippen LogP contribution in [0, 0.1) is 7.91 Å². The fourth-order valence-electron chi connectivity index (χ4n) is 0.878. The topological polar surface area (TPSA) is 69.8 Å². The highest BCUT2D eigenvalue weighted by atomic mass is 32.2. The molecule has 0 fully saturated rings. The highest BCUT2D eigenvalue weighted by molar-refractivity contribution is 7.73. The van der Waals surface area contributed by atoms with E-state index in [0.717, 1.165) is 32.0 Å². The van der Waals surface area contributed by atoms with Crippen LogP contribution < -0.4 is 0 Å². The first-order chi connectivity index (χ1) is 7.61. The highest BCUT2D eigenvalue weighted by Crippen LogP contribution is 2.03. The third-order valence-corrected chi connectivity index (χ3v) is 3.62. The number of hydrogen-bond acceptors (Lipinski definition) is 8. The van der Waals surface area contributed by atoms with Crippen LogP contribution in [0.1, 0.15) is 9.59 Å². The van der Waals surface area contributed by atoms with E-state index in [1.165, 1.54) is 11.0 Å². The van der Waals surface area contributed by atoms with E-state index in [-0.39, 0.29) is 7.91 Å². The molecule has 16 heavy (non-hydrogen) atoms. The molecule has 0 saturated heterocycles. The van der Waals surface area contributed by atoms with Crippen molar-refractivity contribution in [2.45, 2.75) is 0 Å². The van der Waals surface area contributed by atoms with Crippen LogP contribution in [0.4, 0.5) is 0 Å². The second kappa shape index (κ2) is 4.41. The zero-order valence-corrected chi connectivity index (χ0v) is 10.7. The van der Waals surface area contributed by atoms with Crippen LogP contribution in [0.25, 0.3) is 0 Å². The first-order valence-electron chi connectivity index (χ1n) is 3.76. The average molecular weight is 290 g/mol. The van der Waals surface area contributed by atoms with Crippen LogP contribution in [0.5, 0.6) is 0 Å². The Hall–Kier alpha value is -1.10. The molecule has 0 aliphatic carbocycles. The Bertz CT molecular complexity index is 604. The molecule has 0 radical (unpaired) electrons. The molecule has 2 aromatic heterocycles. The molecule has 0 aliphatic heterocycles. The minimum atomic E-state index is -0.867. The van der Waals surface area contributed by atoms with Crippen molar-refractivity contribution in [1.82, 2.24) is 19.6 Å². The second-order valence-electron chi connectivity index (χ2n) is 2.44. The molecule has 0 spiro atoms. The Morgan fingerprint density at radius 3 is 1.62 bits per heavy atom. The van der Waals surface area contributed by atoms with Gasteiger partial charge in [0.05, 0.1) is 0 Å². The smallest absolute Gasteiger partial charge is 0.261 e. The van der Waals surface area contributed by atoms with Crippen molar-refractivity contribution in [2.24, 2.45) is 0 Å². The Morgan fingerprint density at radius 2 is 1.38 bits per heavy atom. The first-order valence-corrected chi connectivity index (χ1v) is 6.33. The lowest BCUT2D eigenvalue weighted by Gasteiger charge is -1.97. The van der Waals surface area contributed by atoms with E-state index in [1.807, 2.05) is 0 Å². The van der Waals surface area contributed by atoms with Crippen LogP contribution in [-0.2, 0) is 0 Å². The summed E-state index contributed by atoms with van der Waals surface area (Å²) in [5.74, 6) is -1.73. The summed E-state index contributed by atoms with van der Waals surface area (Å²) in [6.07, 6.45) is 0. The van der Waals surface area contributed by atoms with Gasteiger partial charge in [0.25, 0.3) is 0 Å². The molecule has 6 nitrogen and oxygen atoms in total. The zero-order valence-electron chi connectivity index (χ0n) is 7.39. The van der Waals surface area contributed by atoms with Gasteiger partial charge in [-0.25, -0.2) is 0 Å². The molecule has 0 aromatic carbocycles. The minimum absolute atomic E-state index is 0.208. The summed E-state index contributed by atoms with van der Waals surface area (Å²) in [7, 11) is 0. The van der Waals surface area contributed by atoms with Gasteiger partial charge in [-0.05, 0) is 24.4 Å². The number of carbonyl (C=O) groups excluding carboxylic acids is 2. The lowest BCUT2D eigenvalue weighted by Crippen LogP contribution is -2.28. The van der Waals surface area contributed by atoms with Crippen LogP contribution >= 0.6 is 47.1 Å². The third kappa shape index (κ3) is 1.91. The van der Waals surface area contributed by atoms with Crippen LogP contribution in [0.15, 0.2) is 11.0 Å². The summed E-state index contributed by atoms with van der Waals surface area (Å²) in [6.45, 7) is 0. The van der Waals surface area contributed by atoms with Crippen LogP contribution in [-0.4, -0.2) is 31.4 Å². The van der Waals surface area contributed by atoms with Crippen LogP contribution in [0.2, 0.25) is 0 Å². The second-order valence-corrected chi connectivity index (χ2v) is 5.40. The summed E-state index contributed by atoms with van der Waals surface area (Å²) in [5, 5.41) is 7.33. The monoisotopic (exact) mass is 290 g/mol. The van der Waals surface area contributed by atoms with Gasteiger partial charge in [-0.3, -0.25) is 9.59 Å².